The van der Waals surface area contributed by atoms with Crippen molar-refractivity contribution < 1.29 is 14.8 Å². The van der Waals surface area contributed by atoms with E-state index in [9.17, 15) is 14.9 Å². The molecule has 114 valence electrons. The molecule has 6 heteroatoms. The first kappa shape index (κ1) is 15.3. The lowest BCUT2D eigenvalue weighted by Crippen LogP contribution is -2.28. The Hall–Kier alpha value is -2.11. The monoisotopic (exact) mass is 292 g/mol. The van der Waals surface area contributed by atoms with Gasteiger partial charge in [0.05, 0.1) is 4.92 Å². The number of nitro groups is 1. The summed E-state index contributed by atoms with van der Waals surface area (Å²) in [5.74, 6) is -1.28. The summed E-state index contributed by atoms with van der Waals surface area (Å²) in [5.41, 5.74) is 0.146. The van der Waals surface area contributed by atoms with Crippen LogP contribution in [0.5, 0.6) is 0 Å². The quantitative estimate of drug-likeness (QED) is 0.638. The van der Waals surface area contributed by atoms with E-state index in [0.717, 1.165) is 19.4 Å². The van der Waals surface area contributed by atoms with Gasteiger partial charge >= 0.3 is 5.97 Å². The van der Waals surface area contributed by atoms with E-state index in [1.165, 1.54) is 31.4 Å². The molecule has 1 aromatic rings. The highest BCUT2D eigenvalue weighted by atomic mass is 16.6. The minimum absolute atomic E-state index is 0.207. The van der Waals surface area contributed by atoms with E-state index in [0.29, 0.717) is 5.69 Å². The molecule has 0 spiro atoms. The second kappa shape index (κ2) is 6.11. The van der Waals surface area contributed by atoms with Crippen LogP contribution in [0.15, 0.2) is 18.2 Å². The lowest BCUT2D eigenvalue weighted by atomic mass is 9.76. The van der Waals surface area contributed by atoms with Crippen molar-refractivity contribution in [2.75, 3.05) is 11.9 Å². The van der Waals surface area contributed by atoms with Gasteiger partial charge in [0.25, 0.3) is 5.69 Å². The second-order valence-corrected chi connectivity index (χ2v) is 6.02. The molecule has 0 radical (unpaired) electrons. The zero-order valence-corrected chi connectivity index (χ0v) is 12.1. The van der Waals surface area contributed by atoms with Crippen LogP contribution in [0, 0.1) is 15.5 Å². The molecule has 0 aliphatic heterocycles. The molecule has 2 N–H and O–H groups in total. The van der Waals surface area contributed by atoms with Gasteiger partial charge in [-0.15, -0.1) is 0 Å². The molecule has 0 amide bonds. The number of carbonyl (C=O) groups is 1. The van der Waals surface area contributed by atoms with E-state index in [2.05, 4.69) is 12.2 Å². The summed E-state index contributed by atoms with van der Waals surface area (Å²) >= 11 is 0. The summed E-state index contributed by atoms with van der Waals surface area (Å²) in [6, 6.07) is 4.17. The van der Waals surface area contributed by atoms with Crippen LogP contribution < -0.4 is 5.32 Å². The predicted molar refractivity (Wildman–Crippen MR) is 79.7 cm³/mol. The van der Waals surface area contributed by atoms with E-state index >= 15 is 0 Å². The lowest BCUT2D eigenvalue weighted by Gasteiger charge is -2.34. The number of nitrogens with zero attached hydrogens (tertiary/aromatic N) is 1. The lowest BCUT2D eigenvalue weighted by molar-refractivity contribution is -0.385. The number of aromatic carboxylic acids is 1. The number of carboxylic acid groups (broad SMARTS) is 1. The third-order valence-corrected chi connectivity index (χ3v) is 4.20. The molecule has 6 nitrogen and oxygen atoms in total. The van der Waals surface area contributed by atoms with Crippen LogP contribution in [0.25, 0.3) is 0 Å². The summed E-state index contributed by atoms with van der Waals surface area (Å²) in [4.78, 5) is 21.3. The SMILES string of the molecule is CC1(CNc2ccc(C(=O)O)c([N+](=O)[O-])c2)CCCCC1. The molecule has 1 aliphatic rings. The maximum absolute atomic E-state index is 11.0. The first-order chi connectivity index (χ1) is 9.91. The molecular formula is C15H20N2O4. The molecule has 0 heterocycles. The number of rotatable bonds is 5. The Morgan fingerprint density at radius 3 is 2.62 bits per heavy atom. The van der Waals surface area contributed by atoms with Gasteiger partial charge in [0, 0.05) is 18.3 Å². The van der Waals surface area contributed by atoms with Gasteiger partial charge in [-0.3, -0.25) is 10.1 Å². The Morgan fingerprint density at radius 2 is 2.05 bits per heavy atom. The smallest absolute Gasteiger partial charge is 0.342 e. The van der Waals surface area contributed by atoms with Crippen LogP contribution in [0.2, 0.25) is 0 Å². The summed E-state index contributed by atoms with van der Waals surface area (Å²) in [5, 5.41) is 23.1. The third-order valence-electron chi connectivity index (χ3n) is 4.20. The number of hydrogen-bond acceptors (Lipinski definition) is 4. The van der Waals surface area contributed by atoms with Crippen molar-refractivity contribution >= 4 is 17.3 Å². The van der Waals surface area contributed by atoms with Crippen LogP contribution >= 0.6 is 0 Å². The molecule has 1 aromatic carbocycles. The van der Waals surface area contributed by atoms with Crippen LogP contribution in [-0.4, -0.2) is 22.5 Å². The highest BCUT2D eigenvalue weighted by Gasteiger charge is 2.27. The first-order valence-electron chi connectivity index (χ1n) is 7.17. The molecule has 2 rings (SSSR count). The van der Waals surface area contributed by atoms with Crippen molar-refractivity contribution in [2.45, 2.75) is 39.0 Å². The molecule has 0 saturated heterocycles. The highest BCUT2D eigenvalue weighted by molar-refractivity contribution is 5.93. The van der Waals surface area contributed by atoms with Crippen LogP contribution in [0.4, 0.5) is 11.4 Å². The summed E-state index contributed by atoms with van der Waals surface area (Å²) in [6.07, 6.45) is 6.01. The van der Waals surface area contributed by atoms with Crippen LogP contribution in [-0.2, 0) is 0 Å². The summed E-state index contributed by atoms with van der Waals surface area (Å²) in [7, 11) is 0. The van der Waals surface area contributed by atoms with Crippen molar-refractivity contribution in [2.24, 2.45) is 5.41 Å². The second-order valence-electron chi connectivity index (χ2n) is 6.02. The minimum atomic E-state index is -1.28. The average molecular weight is 292 g/mol. The molecule has 1 fully saturated rings. The van der Waals surface area contributed by atoms with Crippen molar-refractivity contribution in [3.05, 3.63) is 33.9 Å². The Morgan fingerprint density at radius 1 is 1.38 bits per heavy atom. The molecule has 0 aromatic heterocycles. The number of hydrogen-bond donors (Lipinski definition) is 2. The number of carboxylic acids is 1. The fourth-order valence-electron chi connectivity index (χ4n) is 2.87. The Balaban J connectivity index is 2.12. The van der Waals surface area contributed by atoms with E-state index in [-0.39, 0.29) is 16.7 Å². The Bertz CT molecular complexity index is 551. The molecule has 1 aliphatic carbocycles. The van der Waals surface area contributed by atoms with Gasteiger partial charge < -0.3 is 10.4 Å². The van der Waals surface area contributed by atoms with Gasteiger partial charge in [-0.25, -0.2) is 4.79 Å². The van der Waals surface area contributed by atoms with Crippen molar-refractivity contribution in [1.82, 2.24) is 0 Å². The van der Waals surface area contributed by atoms with Gasteiger partial charge in [-0.05, 0) is 30.4 Å². The number of nitro benzene ring substituents is 1. The summed E-state index contributed by atoms with van der Waals surface area (Å²) in [6.45, 7) is 2.97. The van der Waals surface area contributed by atoms with Crippen LogP contribution in [0.3, 0.4) is 0 Å². The molecular weight excluding hydrogens is 272 g/mol. The normalized spacial score (nSPS) is 17.2. The van der Waals surface area contributed by atoms with Gasteiger partial charge in [-0.2, -0.15) is 0 Å². The van der Waals surface area contributed by atoms with Crippen LogP contribution in [0.1, 0.15) is 49.4 Å². The van der Waals surface area contributed by atoms with E-state index in [1.54, 1.807) is 6.07 Å². The van der Waals surface area contributed by atoms with Gasteiger partial charge in [0.15, 0.2) is 0 Å². The van der Waals surface area contributed by atoms with Crippen molar-refractivity contribution in [3.8, 4) is 0 Å². The van der Waals surface area contributed by atoms with E-state index in [4.69, 9.17) is 5.11 Å². The van der Waals surface area contributed by atoms with Crippen molar-refractivity contribution in [3.63, 3.8) is 0 Å². The standard InChI is InChI=1S/C15H20N2O4/c1-15(7-3-2-4-8-15)10-16-11-5-6-12(14(18)19)13(9-11)17(20)21/h5-6,9,16H,2-4,7-8,10H2,1H3,(H,18,19). The minimum Gasteiger partial charge on any atom is -0.477 e. The van der Waals surface area contributed by atoms with Gasteiger partial charge in [-0.1, -0.05) is 26.2 Å². The molecule has 0 bridgehead atoms. The highest BCUT2D eigenvalue weighted by Crippen LogP contribution is 2.36. The number of benzene rings is 1. The Labute approximate surface area is 123 Å². The topological polar surface area (TPSA) is 92.5 Å². The molecule has 0 atom stereocenters. The fraction of sp³-hybridized carbons (Fsp3) is 0.533. The molecule has 21 heavy (non-hydrogen) atoms. The maximum atomic E-state index is 11.0. The Kier molecular flexibility index (Phi) is 4.45. The van der Waals surface area contributed by atoms with Gasteiger partial charge in [0.1, 0.15) is 5.56 Å². The zero-order chi connectivity index (χ0) is 15.5. The number of anilines is 1. The molecule has 0 unspecified atom stereocenters. The number of nitrogens with one attached hydrogen (secondary N) is 1. The van der Waals surface area contributed by atoms with E-state index in [1.807, 2.05) is 0 Å². The average Bonchev–Trinajstić information content (AvgIpc) is 2.45. The van der Waals surface area contributed by atoms with E-state index < -0.39 is 10.9 Å². The first-order valence-corrected chi connectivity index (χ1v) is 7.17. The summed E-state index contributed by atoms with van der Waals surface area (Å²) < 4.78 is 0. The molecule has 1 saturated carbocycles. The largest absolute Gasteiger partial charge is 0.477 e. The van der Waals surface area contributed by atoms with Gasteiger partial charge in [0.2, 0.25) is 0 Å². The fourth-order valence-corrected chi connectivity index (χ4v) is 2.87. The third kappa shape index (κ3) is 3.71. The van der Waals surface area contributed by atoms with Crippen molar-refractivity contribution in [1.29, 1.82) is 0 Å². The predicted octanol–water partition coefficient (Wildman–Crippen LogP) is 3.68. The maximum Gasteiger partial charge on any atom is 0.342 e. The zero-order valence-electron chi connectivity index (χ0n) is 12.1.